The summed E-state index contributed by atoms with van der Waals surface area (Å²) in [7, 11) is 0. The Morgan fingerprint density at radius 2 is 1.79 bits per heavy atom. The Hall–Kier alpha value is -3.85. The number of thiazole rings is 1. The number of amides is 3. The molecule has 1 fully saturated rings. The summed E-state index contributed by atoms with van der Waals surface area (Å²) in [5.41, 5.74) is 3.68. The van der Waals surface area contributed by atoms with E-state index in [4.69, 9.17) is 10.1 Å². The smallest absolute Gasteiger partial charge is 0.256 e. The molecule has 0 saturated carbocycles. The van der Waals surface area contributed by atoms with Crippen molar-refractivity contribution in [2.45, 2.75) is 32.1 Å². The Bertz CT molecular complexity index is 1400. The van der Waals surface area contributed by atoms with E-state index in [0.717, 1.165) is 45.6 Å². The fourth-order valence-electron chi connectivity index (χ4n) is 4.44. The average molecular weight is 458 g/mol. The molecule has 2 aliphatic rings. The van der Waals surface area contributed by atoms with Crippen molar-refractivity contribution in [3.05, 3.63) is 65.4 Å². The lowest BCUT2D eigenvalue weighted by Gasteiger charge is -2.15. The van der Waals surface area contributed by atoms with Gasteiger partial charge in [-0.25, -0.2) is 4.98 Å². The third kappa shape index (κ3) is 3.32. The minimum absolute atomic E-state index is 0.197. The quantitative estimate of drug-likeness (QED) is 0.469. The van der Waals surface area contributed by atoms with E-state index in [1.165, 1.54) is 11.3 Å². The number of nitrogens with zero attached hydrogens (tertiary/aromatic N) is 4. The second-order valence-corrected chi connectivity index (χ2v) is 9.14. The maximum Gasteiger partial charge on any atom is 0.256 e. The van der Waals surface area contributed by atoms with Gasteiger partial charge in [-0.05, 0) is 49.6 Å². The van der Waals surface area contributed by atoms with E-state index >= 15 is 0 Å². The van der Waals surface area contributed by atoms with Crippen LogP contribution in [0.3, 0.4) is 0 Å². The molecule has 1 N–H and O–H groups in total. The van der Waals surface area contributed by atoms with Crippen LogP contribution in [0, 0.1) is 0 Å². The van der Waals surface area contributed by atoms with Gasteiger partial charge in [-0.3, -0.25) is 19.3 Å². The summed E-state index contributed by atoms with van der Waals surface area (Å²) in [6, 6.07) is 14.5. The van der Waals surface area contributed by atoms with Crippen LogP contribution in [0.25, 0.3) is 15.3 Å². The number of benzene rings is 2. The third-order valence-corrected chi connectivity index (χ3v) is 7.03. The molecular formula is C24H19N5O3S. The molecule has 6 rings (SSSR count). The van der Waals surface area contributed by atoms with Gasteiger partial charge in [0.2, 0.25) is 16.9 Å². The van der Waals surface area contributed by atoms with Crippen LogP contribution in [0.2, 0.25) is 0 Å². The van der Waals surface area contributed by atoms with Crippen molar-refractivity contribution >= 4 is 50.8 Å². The van der Waals surface area contributed by atoms with Gasteiger partial charge in [0.25, 0.3) is 5.91 Å². The average Bonchev–Trinajstić information content (AvgIpc) is 3.58. The predicted molar refractivity (Wildman–Crippen MR) is 125 cm³/mol. The number of nitrogens with one attached hydrogen (secondary N) is 1. The van der Waals surface area contributed by atoms with Crippen molar-refractivity contribution in [1.82, 2.24) is 14.8 Å². The van der Waals surface area contributed by atoms with Crippen LogP contribution in [0.5, 0.6) is 0 Å². The molecule has 1 aliphatic heterocycles. The first-order valence-electron chi connectivity index (χ1n) is 10.8. The highest BCUT2D eigenvalue weighted by atomic mass is 32.1. The molecule has 0 spiro atoms. The fraction of sp³-hybridized carbons (Fsp3) is 0.208. The van der Waals surface area contributed by atoms with Crippen LogP contribution >= 0.6 is 11.3 Å². The van der Waals surface area contributed by atoms with Gasteiger partial charge >= 0.3 is 0 Å². The van der Waals surface area contributed by atoms with Gasteiger partial charge in [-0.1, -0.05) is 29.5 Å². The van der Waals surface area contributed by atoms with Crippen LogP contribution in [0.15, 0.2) is 48.5 Å². The van der Waals surface area contributed by atoms with Gasteiger partial charge < -0.3 is 5.32 Å². The highest BCUT2D eigenvalue weighted by Gasteiger charge is 2.31. The van der Waals surface area contributed by atoms with Gasteiger partial charge in [-0.2, -0.15) is 9.78 Å². The zero-order valence-corrected chi connectivity index (χ0v) is 18.4. The number of aryl methyl sites for hydroxylation is 1. The third-order valence-electron chi connectivity index (χ3n) is 6.02. The topological polar surface area (TPSA) is 97.2 Å². The molecular weight excluding hydrogens is 438 g/mol. The summed E-state index contributed by atoms with van der Waals surface area (Å²) in [5, 5.41) is 8.48. The molecule has 1 aliphatic carbocycles. The minimum atomic E-state index is -0.326. The lowest BCUT2D eigenvalue weighted by molar-refractivity contribution is -0.121. The number of anilines is 2. The highest BCUT2D eigenvalue weighted by Crippen LogP contribution is 2.34. The summed E-state index contributed by atoms with van der Waals surface area (Å²) < 4.78 is 2.78. The molecule has 3 heterocycles. The van der Waals surface area contributed by atoms with Crippen molar-refractivity contribution in [1.29, 1.82) is 0 Å². The number of carbonyl (C=O) groups is 3. The lowest BCUT2D eigenvalue weighted by Crippen LogP contribution is -2.28. The van der Waals surface area contributed by atoms with Crippen LogP contribution in [-0.2, 0) is 22.4 Å². The number of hydrogen-bond donors (Lipinski definition) is 1. The van der Waals surface area contributed by atoms with Crippen LogP contribution in [0.1, 0.15) is 40.9 Å². The summed E-state index contributed by atoms with van der Waals surface area (Å²) >= 11 is 1.52. The second-order valence-electron chi connectivity index (χ2n) is 8.13. The van der Waals surface area contributed by atoms with Gasteiger partial charge in [0, 0.05) is 24.0 Å². The van der Waals surface area contributed by atoms with Crippen molar-refractivity contribution in [2.24, 2.45) is 0 Å². The standard InChI is InChI=1S/C24H19N5O3S/c30-20-11-12-21(31)28(20)15-6-3-5-14(13-15)23(32)26-22-16-7-4-9-17(16)27-29(22)24-25-18-8-1-2-10-19(18)33-24/h1-3,5-6,8,10,13H,4,7,9,11-12H2,(H,26,32). The molecule has 9 heteroatoms. The van der Waals surface area contributed by atoms with Gasteiger partial charge in [-0.15, -0.1) is 0 Å². The molecule has 0 bridgehead atoms. The summed E-state index contributed by atoms with van der Waals surface area (Å²) in [6.45, 7) is 0. The van der Waals surface area contributed by atoms with Crippen molar-refractivity contribution < 1.29 is 14.4 Å². The molecule has 2 aromatic carbocycles. The maximum absolute atomic E-state index is 13.2. The van der Waals surface area contributed by atoms with E-state index in [9.17, 15) is 14.4 Å². The zero-order valence-electron chi connectivity index (χ0n) is 17.6. The summed E-state index contributed by atoms with van der Waals surface area (Å²) in [6.07, 6.45) is 3.10. The molecule has 0 unspecified atom stereocenters. The molecule has 8 nitrogen and oxygen atoms in total. The normalized spacial score (nSPS) is 15.5. The number of hydrogen-bond acceptors (Lipinski definition) is 6. The largest absolute Gasteiger partial charge is 0.306 e. The molecule has 0 atom stereocenters. The molecule has 2 aromatic heterocycles. The Balaban J connectivity index is 1.36. The van der Waals surface area contributed by atoms with E-state index in [1.54, 1.807) is 28.9 Å². The summed E-state index contributed by atoms with van der Waals surface area (Å²) in [4.78, 5) is 43.3. The molecule has 0 radical (unpaired) electrons. The number of para-hydroxylation sites is 1. The Morgan fingerprint density at radius 1 is 0.970 bits per heavy atom. The second kappa shape index (κ2) is 7.63. The molecule has 164 valence electrons. The number of carbonyl (C=O) groups excluding carboxylic acids is 3. The zero-order chi connectivity index (χ0) is 22.5. The van der Waals surface area contributed by atoms with E-state index in [0.29, 0.717) is 22.2 Å². The lowest BCUT2D eigenvalue weighted by atomic mass is 10.1. The van der Waals surface area contributed by atoms with E-state index in [2.05, 4.69) is 5.32 Å². The number of rotatable bonds is 4. The molecule has 3 amide bonds. The Labute approximate surface area is 192 Å². The van der Waals surface area contributed by atoms with Crippen LogP contribution in [0.4, 0.5) is 11.5 Å². The number of imide groups is 1. The predicted octanol–water partition coefficient (Wildman–Crippen LogP) is 3.88. The maximum atomic E-state index is 13.2. The first kappa shape index (κ1) is 19.8. The SMILES string of the molecule is O=C(Nc1c2c(nn1-c1nc3ccccc3s1)CCC2)c1cccc(N2C(=O)CCC2=O)c1. The Kier molecular flexibility index (Phi) is 4.58. The van der Waals surface area contributed by atoms with Gasteiger partial charge in [0.1, 0.15) is 5.82 Å². The minimum Gasteiger partial charge on any atom is -0.306 e. The summed E-state index contributed by atoms with van der Waals surface area (Å²) in [5.74, 6) is -0.188. The molecule has 4 aromatic rings. The molecule has 1 saturated heterocycles. The van der Waals surface area contributed by atoms with Crippen molar-refractivity contribution in [3.63, 3.8) is 0 Å². The first-order chi connectivity index (χ1) is 16.1. The van der Waals surface area contributed by atoms with Crippen LogP contribution < -0.4 is 10.2 Å². The first-order valence-corrected chi connectivity index (χ1v) is 11.6. The van der Waals surface area contributed by atoms with Crippen molar-refractivity contribution in [3.8, 4) is 5.13 Å². The van der Waals surface area contributed by atoms with Crippen LogP contribution in [-0.4, -0.2) is 32.5 Å². The van der Waals surface area contributed by atoms with E-state index in [1.807, 2.05) is 24.3 Å². The van der Waals surface area contributed by atoms with E-state index in [-0.39, 0.29) is 30.6 Å². The number of fused-ring (bicyclic) bond motifs is 2. The van der Waals surface area contributed by atoms with Gasteiger partial charge in [0.05, 0.1) is 21.6 Å². The molecule has 33 heavy (non-hydrogen) atoms. The van der Waals surface area contributed by atoms with E-state index < -0.39 is 0 Å². The van der Waals surface area contributed by atoms with Crippen molar-refractivity contribution in [2.75, 3.05) is 10.2 Å². The Morgan fingerprint density at radius 3 is 2.61 bits per heavy atom. The number of aromatic nitrogens is 3. The fourth-order valence-corrected chi connectivity index (χ4v) is 5.36. The van der Waals surface area contributed by atoms with Gasteiger partial charge in [0.15, 0.2) is 0 Å². The highest BCUT2D eigenvalue weighted by molar-refractivity contribution is 7.20. The monoisotopic (exact) mass is 457 g/mol.